The molecule has 0 aliphatic rings. The molecule has 5 heteroatoms. The lowest BCUT2D eigenvalue weighted by Gasteiger charge is -2.01. The van der Waals surface area contributed by atoms with Crippen molar-refractivity contribution in [1.29, 1.82) is 0 Å². The second kappa shape index (κ2) is 4.06. The maximum Gasteiger partial charge on any atom is 0.294 e. The predicted octanol–water partition coefficient (Wildman–Crippen LogP) is 2.60. The van der Waals surface area contributed by atoms with E-state index in [1.165, 1.54) is 6.20 Å². The Hall–Kier alpha value is -2.30. The summed E-state index contributed by atoms with van der Waals surface area (Å²) in [6.45, 7) is 0. The monoisotopic (exact) mass is 218 g/mol. The Kier molecular flexibility index (Phi) is 2.59. The Morgan fingerprint density at radius 2 is 1.94 bits per heavy atom. The highest BCUT2D eigenvalue weighted by atomic mass is 16.6. The predicted molar refractivity (Wildman–Crippen MR) is 59.4 cm³/mol. The van der Waals surface area contributed by atoms with E-state index in [9.17, 15) is 10.1 Å². The maximum absolute atomic E-state index is 10.7. The highest BCUT2D eigenvalue weighted by Gasteiger charge is 2.15. The smallest absolute Gasteiger partial charge is 0.294 e. The second-order valence-corrected chi connectivity index (χ2v) is 3.24. The van der Waals surface area contributed by atoms with Crippen LogP contribution in [0.5, 0.6) is 5.75 Å². The number of H-pyrrole nitrogens is 1. The molecule has 1 aromatic carbocycles. The van der Waals surface area contributed by atoms with Crippen LogP contribution in [-0.4, -0.2) is 17.0 Å². The molecular weight excluding hydrogens is 208 g/mol. The van der Waals surface area contributed by atoms with Gasteiger partial charge in [-0.3, -0.25) is 10.1 Å². The van der Waals surface area contributed by atoms with Crippen LogP contribution in [-0.2, 0) is 0 Å². The van der Waals surface area contributed by atoms with Gasteiger partial charge in [0.25, 0.3) is 5.69 Å². The SMILES string of the molecule is COc1ccc(-c2c[nH]cc2[N+](=O)[O-])cc1. The van der Waals surface area contributed by atoms with Gasteiger partial charge in [0, 0.05) is 6.20 Å². The summed E-state index contributed by atoms with van der Waals surface area (Å²) in [6.07, 6.45) is 2.99. The van der Waals surface area contributed by atoms with E-state index in [1.807, 2.05) is 0 Å². The van der Waals surface area contributed by atoms with E-state index in [0.29, 0.717) is 5.56 Å². The maximum atomic E-state index is 10.7. The minimum Gasteiger partial charge on any atom is -0.497 e. The molecule has 1 N–H and O–H groups in total. The van der Waals surface area contributed by atoms with Crippen LogP contribution in [0.25, 0.3) is 11.1 Å². The lowest BCUT2D eigenvalue weighted by atomic mass is 10.1. The standard InChI is InChI=1S/C11H10N2O3/c1-16-9-4-2-8(3-5-9)10-6-12-7-11(10)13(14)15/h2-7,12H,1H3. The van der Waals surface area contributed by atoms with Crippen molar-refractivity contribution in [3.05, 3.63) is 46.8 Å². The number of benzene rings is 1. The molecule has 1 aromatic heterocycles. The Morgan fingerprint density at radius 3 is 2.50 bits per heavy atom. The van der Waals surface area contributed by atoms with Gasteiger partial charge < -0.3 is 9.72 Å². The van der Waals surface area contributed by atoms with Crippen LogP contribution in [0.3, 0.4) is 0 Å². The summed E-state index contributed by atoms with van der Waals surface area (Å²) in [5.41, 5.74) is 1.44. The summed E-state index contributed by atoms with van der Waals surface area (Å²) in [4.78, 5) is 13.1. The fraction of sp³-hybridized carbons (Fsp3) is 0.0909. The van der Waals surface area contributed by atoms with Gasteiger partial charge in [0.1, 0.15) is 5.75 Å². The molecule has 0 radical (unpaired) electrons. The minimum atomic E-state index is -0.407. The molecule has 0 atom stereocenters. The van der Waals surface area contributed by atoms with Gasteiger partial charge in [-0.25, -0.2) is 0 Å². The molecule has 0 aliphatic carbocycles. The van der Waals surface area contributed by atoms with Crippen molar-refractivity contribution >= 4 is 5.69 Å². The number of nitro groups is 1. The Bertz CT molecular complexity index is 502. The molecule has 2 rings (SSSR count). The van der Waals surface area contributed by atoms with Crippen LogP contribution in [0.4, 0.5) is 5.69 Å². The zero-order valence-electron chi connectivity index (χ0n) is 8.64. The third-order valence-electron chi connectivity index (χ3n) is 2.32. The van der Waals surface area contributed by atoms with Crippen LogP contribution >= 0.6 is 0 Å². The zero-order valence-corrected chi connectivity index (χ0v) is 8.64. The number of hydrogen-bond donors (Lipinski definition) is 1. The number of nitrogens with one attached hydrogen (secondary N) is 1. The molecule has 0 fully saturated rings. The summed E-state index contributed by atoms with van der Waals surface area (Å²) in [5.74, 6) is 0.724. The van der Waals surface area contributed by atoms with Crippen LogP contribution in [0, 0.1) is 10.1 Å². The molecule has 5 nitrogen and oxygen atoms in total. The topological polar surface area (TPSA) is 68.2 Å². The van der Waals surface area contributed by atoms with Crippen molar-refractivity contribution < 1.29 is 9.66 Å². The summed E-state index contributed by atoms with van der Waals surface area (Å²) in [5, 5.41) is 10.7. The summed E-state index contributed by atoms with van der Waals surface area (Å²) in [7, 11) is 1.58. The number of methoxy groups -OCH3 is 1. The lowest BCUT2D eigenvalue weighted by Crippen LogP contribution is -1.88. The first kappa shape index (κ1) is 10.2. The van der Waals surface area contributed by atoms with Gasteiger partial charge in [-0.15, -0.1) is 0 Å². The van der Waals surface area contributed by atoms with Gasteiger partial charge in [-0.1, -0.05) is 12.1 Å². The van der Waals surface area contributed by atoms with E-state index in [2.05, 4.69) is 4.98 Å². The van der Waals surface area contributed by atoms with Gasteiger partial charge >= 0.3 is 0 Å². The van der Waals surface area contributed by atoms with E-state index >= 15 is 0 Å². The lowest BCUT2D eigenvalue weighted by molar-refractivity contribution is -0.384. The number of rotatable bonds is 3. The number of hydrogen-bond acceptors (Lipinski definition) is 3. The zero-order chi connectivity index (χ0) is 11.5. The Balaban J connectivity index is 2.42. The average Bonchev–Trinajstić information content (AvgIpc) is 2.78. The van der Waals surface area contributed by atoms with Crippen molar-refractivity contribution in [2.45, 2.75) is 0 Å². The average molecular weight is 218 g/mol. The van der Waals surface area contributed by atoms with E-state index in [0.717, 1.165) is 11.3 Å². The van der Waals surface area contributed by atoms with Crippen molar-refractivity contribution in [3.8, 4) is 16.9 Å². The van der Waals surface area contributed by atoms with Crippen LogP contribution < -0.4 is 4.74 Å². The molecule has 0 saturated heterocycles. The van der Waals surface area contributed by atoms with Gasteiger partial charge in [0.05, 0.1) is 23.8 Å². The summed E-state index contributed by atoms with van der Waals surface area (Å²) < 4.78 is 5.02. The molecule has 0 unspecified atom stereocenters. The molecule has 0 saturated carbocycles. The van der Waals surface area contributed by atoms with Gasteiger partial charge in [-0.2, -0.15) is 0 Å². The summed E-state index contributed by atoms with van der Waals surface area (Å²) in [6, 6.07) is 7.11. The van der Waals surface area contributed by atoms with Gasteiger partial charge in [-0.05, 0) is 17.7 Å². The van der Waals surface area contributed by atoms with Crippen LogP contribution in [0.1, 0.15) is 0 Å². The van der Waals surface area contributed by atoms with E-state index in [1.54, 1.807) is 37.6 Å². The van der Waals surface area contributed by atoms with Crippen molar-refractivity contribution in [2.24, 2.45) is 0 Å². The molecule has 82 valence electrons. The molecule has 2 aromatic rings. The van der Waals surface area contributed by atoms with Crippen molar-refractivity contribution in [1.82, 2.24) is 4.98 Å². The van der Waals surface area contributed by atoms with E-state index in [-0.39, 0.29) is 5.69 Å². The third kappa shape index (κ3) is 1.75. The number of ether oxygens (including phenoxy) is 1. The number of aromatic nitrogens is 1. The third-order valence-corrected chi connectivity index (χ3v) is 2.32. The van der Waals surface area contributed by atoms with Gasteiger partial charge in [0.15, 0.2) is 0 Å². The molecule has 0 aliphatic heterocycles. The van der Waals surface area contributed by atoms with E-state index < -0.39 is 4.92 Å². The Morgan fingerprint density at radius 1 is 1.25 bits per heavy atom. The first-order valence-electron chi connectivity index (χ1n) is 4.68. The number of nitrogens with zero attached hydrogens (tertiary/aromatic N) is 1. The van der Waals surface area contributed by atoms with Crippen molar-refractivity contribution in [2.75, 3.05) is 7.11 Å². The van der Waals surface area contributed by atoms with Crippen molar-refractivity contribution in [3.63, 3.8) is 0 Å². The van der Waals surface area contributed by atoms with Crippen LogP contribution in [0.2, 0.25) is 0 Å². The highest BCUT2D eigenvalue weighted by molar-refractivity contribution is 5.73. The molecule has 16 heavy (non-hydrogen) atoms. The second-order valence-electron chi connectivity index (χ2n) is 3.24. The normalized spacial score (nSPS) is 10.1. The van der Waals surface area contributed by atoms with Gasteiger partial charge in [0.2, 0.25) is 0 Å². The van der Waals surface area contributed by atoms with E-state index in [4.69, 9.17) is 4.74 Å². The molecule has 1 heterocycles. The largest absolute Gasteiger partial charge is 0.497 e. The fourth-order valence-electron chi connectivity index (χ4n) is 1.51. The van der Waals surface area contributed by atoms with Crippen LogP contribution in [0.15, 0.2) is 36.7 Å². The minimum absolute atomic E-state index is 0.0742. The molecule has 0 bridgehead atoms. The highest BCUT2D eigenvalue weighted by Crippen LogP contribution is 2.30. The first-order chi connectivity index (χ1) is 7.72. The fourth-order valence-corrected chi connectivity index (χ4v) is 1.51. The molecule has 0 amide bonds. The summed E-state index contributed by atoms with van der Waals surface area (Å²) >= 11 is 0. The molecular formula is C11H10N2O3. The quantitative estimate of drug-likeness (QED) is 0.636. The first-order valence-corrected chi connectivity index (χ1v) is 4.68. The molecule has 0 spiro atoms. The Labute approximate surface area is 91.8 Å². The number of aromatic amines is 1.